The Morgan fingerprint density at radius 2 is 2.05 bits per heavy atom. The molecule has 1 heterocycles. The van der Waals surface area contributed by atoms with E-state index in [4.69, 9.17) is 17.0 Å². The number of benzene rings is 2. The third-order valence-electron chi connectivity index (χ3n) is 3.24. The lowest BCUT2D eigenvalue weighted by molar-refractivity contribution is 0.419. The number of para-hydroxylation sites is 1. The molecule has 2 aromatic carbocycles. The predicted octanol–water partition coefficient (Wildman–Crippen LogP) is 4.77. The standard InChI is InChI=1S/C15H13BrN2OS/c1-9-6-7-10(16)12(8-9)18-11-4-3-5-13(19-2)14(11)17-15(18)20/h3-8H,1-2H3,(H,17,20). The summed E-state index contributed by atoms with van der Waals surface area (Å²) >= 11 is 9.07. The van der Waals surface area contributed by atoms with Gasteiger partial charge < -0.3 is 9.72 Å². The molecule has 0 saturated heterocycles. The molecule has 0 unspecified atom stereocenters. The zero-order chi connectivity index (χ0) is 14.3. The molecule has 0 aliphatic heterocycles. The van der Waals surface area contributed by atoms with Gasteiger partial charge in [-0.3, -0.25) is 4.57 Å². The first-order chi connectivity index (χ1) is 9.61. The molecule has 102 valence electrons. The molecule has 0 fully saturated rings. The Labute approximate surface area is 130 Å². The maximum Gasteiger partial charge on any atom is 0.182 e. The number of nitrogens with one attached hydrogen (secondary N) is 1. The minimum Gasteiger partial charge on any atom is -0.494 e. The molecule has 0 spiro atoms. The number of methoxy groups -OCH3 is 1. The van der Waals surface area contributed by atoms with Gasteiger partial charge in [-0.25, -0.2) is 0 Å². The molecule has 1 aromatic heterocycles. The van der Waals surface area contributed by atoms with Crippen LogP contribution in [-0.2, 0) is 0 Å². The fourth-order valence-electron chi connectivity index (χ4n) is 2.31. The number of H-pyrrole nitrogens is 1. The molecule has 1 N–H and O–H groups in total. The minimum atomic E-state index is 0.649. The van der Waals surface area contributed by atoms with Gasteiger partial charge in [0.1, 0.15) is 11.3 Å². The summed E-state index contributed by atoms with van der Waals surface area (Å²) in [5.74, 6) is 0.788. The van der Waals surface area contributed by atoms with Gasteiger partial charge >= 0.3 is 0 Å². The Morgan fingerprint density at radius 3 is 2.80 bits per heavy atom. The van der Waals surface area contributed by atoms with Gasteiger partial charge in [-0.05, 0) is 64.9 Å². The Kier molecular flexibility index (Phi) is 3.40. The van der Waals surface area contributed by atoms with Crippen LogP contribution in [-0.4, -0.2) is 16.7 Å². The molecule has 0 radical (unpaired) electrons. The zero-order valence-electron chi connectivity index (χ0n) is 11.1. The lowest BCUT2D eigenvalue weighted by atomic mass is 10.2. The van der Waals surface area contributed by atoms with Gasteiger partial charge in [0.05, 0.1) is 18.3 Å². The molecule has 3 rings (SSSR count). The Balaban J connectivity index is 2.40. The normalized spacial score (nSPS) is 10.9. The van der Waals surface area contributed by atoms with Crippen LogP contribution in [0.15, 0.2) is 40.9 Å². The van der Waals surface area contributed by atoms with Gasteiger partial charge in [0.25, 0.3) is 0 Å². The van der Waals surface area contributed by atoms with Gasteiger partial charge in [-0.2, -0.15) is 0 Å². The number of halogens is 1. The van der Waals surface area contributed by atoms with E-state index in [0.29, 0.717) is 4.77 Å². The van der Waals surface area contributed by atoms with Gasteiger partial charge in [0.15, 0.2) is 4.77 Å². The zero-order valence-corrected chi connectivity index (χ0v) is 13.5. The average Bonchev–Trinajstić information content (AvgIpc) is 2.77. The smallest absolute Gasteiger partial charge is 0.182 e. The fourth-order valence-corrected chi connectivity index (χ4v) is 3.03. The Bertz CT molecular complexity index is 851. The molecule has 0 aliphatic carbocycles. The molecule has 0 amide bonds. The molecule has 5 heteroatoms. The van der Waals surface area contributed by atoms with E-state index in [2.05, 4.69) is 40.0 Å². The molecule has 0 aliphatic rings. The molecule has 3 aromatic rings. The van der Waals surface area contributed by atoms with Crippen molar-refractivity contribution in [2.24, 2.45) is 0 Å². The number of fused-ring (bicyclic) bond motifs is 1. The predicted molar refractivity (Wildman–Crippen MR) is 87.4 cm³/mol. The number of ether oxygens (including phenoxy) is 1. The first-order valence-electron chi connectivity index (χ1n) is 6.16. The summed E-state index contributed by atoms with van der Waals surface area (Å²) in [7, 11) is 1.66. The van der Waals surface area contributed by atoms with Crippen LogP contribution < -0.4 is 4.74 Å². The van der Waals surface area contributed by atoms with Gasteiger partial charge in [0, 0.05) is 4.47 Å². The SMILES string of the molecule is COc1cccc2c1[nH]c(=S)n2-c1cc(C)ccc1Br. The number of hydrogen-bond donors (Lipinski definition) is 1. The van der Waals surface area contributed by atoms with E-state index in [-0.39, 0.29) is 0 Å². The van der Waals surface area contributed by atoms with Crippen molar-refractivity contribution in [1.29, 1.82) is 0 Å². The average molecular weight is 349 g/mol. The number of aryl methyl sites for hydroxylation is 1. The molecule has 0 bridgehead atoms. The van der Waals surface area contributed by atoms with Gasteiger partial charge in [-0.1, -0.05) is 12.1 Å². The van der Waals surface area contributed by atoms with E-state index in [1.54, 1.807) is 7.11 Å². The largest absolute Gasteiger partial charge is 0.494 e. The third kappa shape index (κ3) is 2.07. The third-order valence-corrected chi connectivity index (χ3v) is 4.20. The summed E-state index contributed by atoms with van der Waals surface area (Å²) in [5.41, 5.74) is 4.12. The van der Waals surface area contributed by atoms with Crippen molar-refractivity contribution in [3.8, 4) is 11.4 Å². The fraction of sp³-hybridized carbons (Fsp3) is 0.133. The Morgan fingerprint density at radius 1 is 1.25 bits per heavy atom. The van der Waals surface area contributed by atoms with Crippen molar-refractivity contribution in [3.05, 3.63) is 51.2 Å². The second kappa shape index (κ2) is 5.07. The lowest BCUT2D eigenvalue weighted by Gasteiger charge is -2.09. The van der Waals surface area contributed by atoms with Crippen LogP contribution in [0.25, 0.3) is 16.7 Å². The second-order valence-corrected chi connectivity index (χ2v) is 5.82. The van der Waals surface area contributed by atoms with Crippen molar-refractivity contribution in [2.45, 2.75) is 6.92 Å². The van der Waals surface area contributed by atoms with E-state index in [0.717, 1.165) is 26.9 Å². The van der Waals surface area contributed by atoms with Crippen molar-refractivity contribution in [1.82, 2.24) is 9.55 Å². The van der Waals surface area contributed by atoms with Crippen LogP contribution in [0.3, 0.4) is 0 Å². The summed E-state index contributed by atoms with van der Waals surface area (Å²) in [5, 5.41) is 0. The van der Waals surface area contributed by atoms with Crippen molar-refractivity contribution in [3.63, 3.8) is 0 Å². The van der Waals surface area contributed by atoms with Crippen LogP contribution in [0, 0.1) is 11.7 Å². The number of imidazole rings is 1. The first-order valence-corrected chi connectivity index (χ1v) is 7.36. The number of nitrogens with zero attached hydrogens (tertiary/aromatic N) is 1. The molecular weight excluding hydrogens is 336 g/mol. The second-order valence-electron chi connectivity index (χ2n) is 4.57. The van der Waals surface area contributed by atoms with E-state index >= 15 is 0 Å². The summed E-state index contributed by atoms with van der Waals surface area (Å²) in [6, 6.07) is 12.1. The van der Waals surface area contributed by atoms with Crippen molar-refractivity contribution >= 4 is 39.2 Å². The van der Waals surface area contributed by atoms with E-state index < -0.39 is 0 Å². The first kappa shape index (κ1) is 13.4. The monoisotopic (exact) mass is 348 g/mol. The number of hydrogen-bond acceptors (Lipinski definition) is 2. The van der Waals surface area contributed by atoms with Crippen molar-refractivity contribution in [2.75, 3.05) is 7.11 Å². The number of aromatic nitrogens is 2. The molecular formula is C15H13BrN2OS. The lowest BCUT2D eigenvalue weighted by Crippen LogP contribution is -1.96. The highest BCUT2D eigenvalue weighted by Gasteiger charge is 2.12. The maximum absolute atomic E-state index is 5.48. The molecule has 0 atom stereocenters. The summed E-state index contributed by atoms with van der Waals surface area (Å²) in [6.45, 7) is 2.06. The molecule has 0 saturated carbocycles. The van der Waals surface area contributed by atoms with Gasteiger partial charge in [-0.15, -0.1) is 0 Å². The van der Waals surface area contributed by atoms with E-state index in [1.807, 2.05) is 28.8 Å². The van der Waals surface area contributed by atoms with Crippen LogP contribution >= 0.6 is 28.1 Å². The van der Waals surface area contributed by atoms with Crippen LogP contribution in [0.4, 0.5) is 0 Å². The van der Waals surface area contributed by atoms with Crippen molar-refractivity contribution < 1.29 is 4.74 Å². The van der Waals surface area contributed by atoms with Crippen LogP contribution in [0.1, 0.15) is 5.56 Å². The van der Waals surface area contributed by atoms with Crippen LogP contribution in [0.5, 0.6) is 5.75 Å². The molecule has 20 heavy (non-hydrogen) atoms. The van der Waals surface area contributed by atoms with Crippen LogP contribution in [0.2, 0.25) is 0 Å². The van der Waals surface area contributed by atoms with E-state index in [9.17, 15) is 0 Å². The highest BCUT2D eigenvalue weighted by Crippen LogP contribution is 2.30. The highest BCUT2D eigenvalue weighted by atomic mass is 79.9. The van der Waals surface area contributed by atoms with E-state index in [1.165, 1.54) is 5.56 Å². The number of aromatic amines is 1. The summed E-state index contributed by atoms with van der Waals surface area (Å²) < 4.78 is 9.05. The summed E-state index contributed by atoms with van der Waals surface area (Å²) in [4.78, 5) is 3.22. The summed E-state index contributed by atoms with van der Waals surface area (Å²) in [6.07, 6.45) is 0. The molecule has 3 nitrogen and oxygen atoms in total. The number of rotatable bonds is 2. The topological polar surface area (TPSA) is 29.9 Å². The minimum absolute atomic E-state index is 0.649. The maximum atomic E-state index is 5.48. The highest BCUT2D eigenvalue weighted by molar-refractivity contribution is 9.10. The Hall–Kier alpha value is -1.59. The quantitative estimate of drug-likeness (QED) is 0.676. The van der Waals surface area contributed by atoms with Gasteiger partial charge in [0.2, 0.25) is 0 Å².